The van der Waals surface area contributed by atoms with E-state index in [1.54, 1.807) is 11.8 Å². The normalized spacial score (nSPS) is 16.3. The Kier molecular flexibility index (Phi) is 2.81. The van der Waals surface area contributed by atoms with Crippen LogP contribution in [0.5, 0.6) is 0 Å². The van der Waals surface area contributed by atoms with Gasteiger partial charge in [0.15, 0.2) is 5.17 Å². The second kappa shape index (κ2) is 3.66. The lowest BCUT2D eigenvalue weighted by Gasteiger charge is -1.99. The number of hydrogen-bond donors (Lipinski definition) is 1. The minimum atomic E-state index is 0.929. The van der Waals surface area contributed by atoms with Crippen molar-refractivity contribution >= 4 is 16.9 Å². The Bertz CT molecular complexity index is 163. The first-order chi connectivity index (χ1) is 4.79. The Morgan fingerprint density at radius 2 is 2.70 bits per heavy atom. The molecular weight excluding hydrogens is 144 g/mol. The van der Waals surface area contributed by atoms with E-state index in [4.69, 9.17) is 0 Å². The SMILES string of the molecule is C=C(C)CSC1=NCCN1. The van der Waals surface area contributed by atoms with E-state index < -0.39 is 0 Å². The van der Waals surface area contributed by atoms with E-state index in [2.05, 4.69) is 16.9 Å². The van der Waals surface area contributed by atoms with Crippen LogP contribution in [0, 0.1) is 0 Å². The van der Waals surface area contributed by atoms with Crippen molar-refractivity contribution in [3.05, 3.63) is 12.2 Å². The molecule has 0 atom stereocenters. The molecule has 0 amide bonds. The molecule has 1 aliphatic heterocycles. The first-order valence-corrected chi connectivity index (χ1v) is 4.33. The highest BCUT2D eigenvalue weighted by Gasteiger charge is 2.03. The fraction of sp³-hybridized carbons (Fsp3) is 0.571. The van der Waals surface area contributed by atoms with Gasteiger partial charge in [0, 0.05) is 12.3 Å². The summed E-state index contributed by atoms with van der Waals surface area (Å²) in [6.07, 6.45) is 0. The molecule has 0 aromatic heterocycles. The van der Waals surface area contributed by atoms with Gasteiger partial charge >= 0.3 is 0 Å². The van der Waals surface area contributed by atoms with Gasteiger partial charge in [0.05, 0.1) is 6.54 Å². The van der Waals surface area contributed by atoms with Crippen LogP contribution in [0.2, 0.25) is 0 Å². The number of rotatable bonds is 2. The van der Waals surface area contributed by atoms with Crippen LogP contribution >= 0.6 is 11.8 Å². The molecule has 0 bridgehead atoms. The number of amidine groups is 1. The summed E-state index contributed by atoms with van der Waals surface area (Å²) < 4.78 is 0. The second-order valence-electron chi connectivity index (χ2n) is 2.36. The molecule has 10 heavy (non-hydrogen) atoms. The maximum absolute atomic E-state index is 4.24. The predicted molar refractivity (Wildman–Crippen MR) is 47.6 cm³/mol. The van der Waals surface area contributed by atoms with Crippen molar-refractivity contribution in [2.45, 2.75) is 6.92 Å². The number of thioether (sulfide) groups is 1. The van der Waals surface area contributed by atoms with Crippen molar-refractivity contribution < 1.29 is 0 Å². The highest BCUT2D eigenvalue weighted by molar-refractivity contribution is 8.14. The van der Waals surface area contributed by atoms with E-state index in [-0.39, 0.29) is 0 Å². The lowest BCUT2D eigenvalue weighted by atomic mass is 10.4. The van der Waals surface area contributed by atoms with Gasteiger partial charge in [-0.3, -0.25) is 4.99 Å². The van der Waals surface area contributed by atoms with Crippen LogP contribution in [-0.4, -0.2) is 24.0 Å². The summed E-state index contributed by atoms with van der Waals surface area (Å²) in [5.41, 5.74) is 1.20. The van der Waals surface area contributed by atoms with Crippen molar-refractivity contribution in [3.8, 4) is 0 Å². The molecule has 1 aliphatic rings. The average molecular weight is 156 g/mol. The van der Waals surface area contributed by atoms with Crippen LogP contribution < -0.4 is 5.32 Å². The largest absolute Gasteiger partial charge is 0.363 e. The molecule has 0 radical (unpaired) electrons. The molecule has 0 saturated heterocycles. The first kappa shape index (κ1) is 7.66. The minimum Gasteiger partial charge on any atom is -0.363 e. The molecule has 1 heterocycles. The summed E-state index contributed by atoms with van der Waals surface area (Å²) in [4.78, 5) is 4.24. The van der Waals surface area contributed by atoms with Crippen LogP contribution in [0.25, 0.3) is 0 Å². The number of nitrogens with one attached hydrogen (secondary N) is 1. The lowest BCUT2D eigenvalue weighted by Crippen LogP contribution is -2.15. The van der Waals surface area contributed by atoms with E-state index in [1.807, 2.05) is 6.92 Å². The molecule has 0 spiro atoms. The van der Waals surface area contributed by atoms with E-state index in [0.717, 1.165) is 24.0 Å². The Balaban J connectivity index is 2.19. The number of nitrogens with zero attached hydrogens (tertiary/aromatic N) is 1. The van der Waals surface area contributed by atoms with Crippen LogP contribution in [0.1, 0.15) is 6.92 Å². The van der Waals surface area contributed by atoms with Crippen LogP contribution in [-0.2, 0) is 0 Å². The van der Waals surface area contributed by atoms with Crippen molar-refractivity contribution in [2.24, 2.45) is 4.99 Å². The third kappa shape index (κ3) is 2.43. The fourth-order valence-corrected chi connectivity index (χ4v) is 1.43. The Hall–Kier alpha value is -0.440. The summed E-state index contributed by atoms with van der Waals surface area (Å²) in [5.74, 6) is 0.978. The maximum atomic E-state index is 4.24. The summed E-state index contributed by atoms with van der Waals surface area (Å²) >= 11 is 1.73. The Labute approximate surface area is 65.8 Å². The highest BCUT2D eigenvalue weighted by Crippen LogP contribution is 2.08. The summed E-state index contributed by atoms with van der Waals surface area (Å²) in [6.45, 7) is 7.77. The van der Waals surface area contributed by atoms with Gasteiger partial charge in [-0.1, -0.05) is 23.9 Å². The molecule has 56 valence electrons. The summed E-state index contributed by atoms with van der Waals surface area (Å²) in [7, 11) is 0. The van der Waals surface area contributed by atoms with E-state index in [0.29, 0.717) is 0 Å². The molecule has 2 nitrogen and oxygen atoms in total. The second-order valence-corrected chi connectivity index (χ2v) is 3.32. The van der Waals surface area contributed by atoms with Crippen LogP contribution in [0.3, 0.4) is 0 Å². The van der Waals surface area contributed by atoms with Gasteiger partial charge in [-0.05, 0) is 6.92 Å². The average Bonchev–Trinajstić information content (AvgIpc) is 2.34. The van der Waals surface area contributed by atoms with E-state index >= 15 is 0 Å². The van der Waals surface area contributed by atoms with Gasteiger partial charge in [0.1, 0.15) is 0 Å². The first-order valence-electron chi connectivity index (χ1n) is 3.34. The summed E-state index contributed by atoms with van der Waals surface area (Å²) in [6, 6.07) is 0. The van der Waals surface area contributed by atoms with E-state index in [9.17, 15) is 0 Å². The van der Waals surface area contributed by atoms with Gasteiger partial charge in [-0.2, -0.15) is 0 Å². The van der Waals surface area contributed by atoms with Gasteiger partial charge in [-0.15, -0.1) is 0 Å². The molecule has 1 rings (SSSR count). The van der Waals surface area contributed by atoms with Crippen LogP contribution in [0.4, 0.5) is 0 Å². The molecular formula is C7H12N2S. The summed E-state index contributed by atoms with van der Waals surface area (Å²) in [5, 5.41) is 4.26. The fourth-order valence-electron chi connectivity index (χ4n) is 0.664. The Morgan fingerprint density at radius 1 is 1.90 bits per heavy atom. The van der Waals surface area contributed by atoms with Gasteiger partial charge in [0.2, 0.25) is 0 Å². The topological polar surface area (TPSA) is 24.4 Å². The monoisotopic (exact) mass is 156 g/mol. The molecule has 0 aliphatic carbocycles. The molecule has 1 N–H and O–H groups in total. The predicted octanol–water partition coefficient (Wildman–Crippen LogP) is 1.25. The maximum Gasteiger partial charge on any atom is 0.156 e. The van der Waals surface area contributed by atoms with Crippen molar-refractivity contribution in [1.29, 1.82) is 0 Å². The van der Waals surface area contributed by atoms with Gasteiger partial charge in [0.25, 0.3) is 0 Å². The number of aliphatic imine (C=N–C) groups is 1. The van der Waals surface area contributed by atoms with E-state index in [1.165, 1.54) is 5.57 Å². The Morgan fingerprint density at radius 3 is 3.20 bits per heavy atom. The third-order valence-electron chi connectivity index (χ3n) is 1.10. The van der Waals surface area contributed by atoms with Gasteiger partial charge in [-0.25, -0.2) is 0 Å². The molecule has 0 aromatic carbocycles. The molecule has 3 heteroatoms. The standard InChI is InChI=1S/C7H12N2S/c1-6(2)5-10-7-8-3-4-9-7/h1,3-5H2,2H3,(H,8,9). The zero-order valence-corrected chi connectivity index (χ0v) is 7.00. The molecule has 0 fully saturated rings. The van der Waals surface area contributed by atoms with Crippen molar-refractivity contribution in [2.75, 3.05) is 18.8 Å². The highest BCUT2D eigenvalue weighted by atomic mass is 32.2. The molecule has 0 unspecified atom stereocenters. The zero-order chi connectivity index (χ0) is 7.40. The number of hydrogen-bond acceptors (Lipinski definition) is 3. The zero-order valence-electron chi connectivity index (χ0n) is 6.18. The quantitative estimate of drug-likeness (QED) is 0.609. The minimum absolute atomic E-state index is 0.929. The van der Waals surface area contributed by atoms with Crippen molar-refractivity contribution in [3.63, 3.8) is 0 Å². The van der Waals surface area contributed by atoms with Crippen molar-refractivity contribution in [1.82, 2.24) is 5.32 Å². The smallest absolute Gasteiger partial charge is 0.156 e. The van der Waals surface area contributed by atoms with Crippen LogP contribution in [0.15, 0.2) is 17.1 Å². The molecule has 0 aromatic rings. The lowest BCUT2D eigenvalue weighted by molar-refractivity contribution is 0.963. The third-order valence-corrected chi connectivity index (χ3v) is 2.28. The molecule has 0 saturated carbocycles. The van der Waals surface area contributed by atoms with Gasteiger partial charge < -0.3 is 5.32 Å².